The van der Waals surface area contributed by atoms with E-state index in [0.717, 1.165) is 37.7 Å². The zero-order valence-corrected chi connectivity index (χ0v) is 26.0. The molecule has 0 unspecified atom stereocenters. The van der Waals surface area contributed by atoms with E-state index < -0.39 is 5.97 Å². The minimum absolute atomic E-state index is 0.0606. The van der Waals surface area contributed by atoms with Gasteiger partial charge in [-0.3, -0.25) is 9.59 Å². The van der Waals surface area contributed by atoms with Crippen LogP contribution in [0.25, 0.3) is 10.9 Å². The van der Waals surface area contributed by atoms with Crippen LogP contribution in [0.15, 0.2) is 76.6 Å². The SMILES string of the molecule is CCCCCCCCn1c(=O)c(OC(C)=O)c(OC/C=C(\C)CCC=C(C)C)c2ccc(OCc3ccccc3)cc21. The highest BCUT2D eigenvalue weighted by molar-refractivity contribution is 5.90. The molecule has 0 fully saturated rings. The van der Waals surface area contributed by atoms with Crippen LogP contribution < -0.4 is 19.8 Å². The maximum absolute atomic E-state index is 13.8. The van der Waals surface area contributed by atoms with Gasteiger partial charge in [0.2, 0.25) is 5.75 Å². The average molecular weight is 574 g/mol. The first-order valence-corrected chi connectivity index (χ1v) is 15.3. The molecule has 0 saturated carbocycles. The first-order valence-electron chi connectivity index (χ1n) is 15.3. The number of allylic oxidation sites excluding steroid dienone is 3. The summed E-state index contributed by atoms with van der Waals surface area (Å²) >= 11 is 0. The standard InChI is InChI=1S/C36H47NO5/c1-6-7-8-9-10-14-23-37-33-25-31(41-26-30-18-12-11-13-19-30)20-21-32(33)34(35(36(37)39)42-29(5)38)40-24-22-28(4)17-15-16-27(2)3/h11-13,16,18-22,25H,6-10,14-15,17,23-24,26H2,1-5H3/b28-22+. The number of pyridine rings is 1. The molecular weight excluding hydrogens is 526 g/mol. The van der Waals surface area contributed by atoms with Crippen LogP contribution >= 0.6 is 0 Å². The van der Waals surface area contributed by atoms with Gasteiger partial charge in [-0.1, -0.05) is 86.6 Å². The molecule has 226 valence electrons. The van der Waals surface area contributed by atoms with Gasteiger partial charge in [0.25, 0.3) is 5.56 Å². The van der Waals surface area contributed by atoms with Gasteiger partial charge in [0.05, 0.1) is 5.52 Å². The van der Waals surface area contributed by atoms with Crippen molar-refractivity contribution in [2.75, 3.05) is 6.61 Å². The number of aromatic nitrogens is 1. The molecule has 0 atom stereocenters. The van der Waals surface area contributed by atoms with Gasteiger partial charge < -0.3 is 18.8 Å². The number of hydrogen-bond acceptors (Lipinski definition) is 5. The third kappa shape index (κ3) is 10.2. The Morgan fingerprint density at radius 3 is 2.31 bits per heavy atom. The molecule has 0 aliphatic carbocycles. The molecule has 42 heavy (non-hydrogen) atoms. The smallest absolute Gasteiger partial charge is 0.308 e. The summed E-state index contributed by atoms with van der Waals surface area (Å²) in [5, 5.41) is 0.708. The molecule has 2 aromatic carbocycles. The second-order valence-electron chi connectivity index (χ2n) is 11.1. The highest BCUT2D eigenvalue weighted by Gasteiger charge is 2.21. The lowest BCUT2D eigenvalue weighted by Gasteiger charge is -2.18. The summed E-state index contributed by atoms with van der Waals surface area (Å²) in [7, 11) is 0. The predicted molar refractivity (Wildman–Crippen MR) is 172 cm³/mol. The van der Waals surface area contributed by atoms with Crippen molar-refractivity contribution in [3.8, 4) is 17.2 Å². The summed E-state index contributed by atoms with van der Waals surface area (Å²) < 4.78 is 19.5. The fourth-order valence-electron chi connectivity index (χ4n) is 4.82. The van der Waals surface area contributed by atoms with Crippen molar-refractivity contribution >= 4 is 16.9 Å². The van der Waals surface area contributed by atoms with Crippen LogP contribution in [0.4, 0.5) is 0 Å². The van der Waals surface area contributed by atoms with Crippen LogP contribution in [-0.4, -0.2) is 17.1 Å². The Hall–Kier alpha value is -3.80. The van der Waals surface area contributed by atoms with Gasteiger partial charge in [-0.25, -0.2) is 0 Å². The van der Waals surface area contributed by atoms with Crippen LogP contribution in [0.3, 0.4) is 0 Å². The van der Waals surface area contributed by atoms with Gasteiger partial charge in [-0.2, -0.15) is 0 Å². The Bertz CT molecular complexity index is 1410. The van der Waals surface area contributed by atoms with Gasteiger partial charge in [0.1, 0.15) is 19.0 Å². The molecule has 1 aromatic heterocycles. The third-order valence-electron chi connectivity index (χ3n) is 7.13. The predicted octanol–water partition coefficient (Wildman–Crippen LogP) is 8.94. The van der Waals surface area contributed by atoms with E-state index in [4.69, 9.17) is 14.2 Å². The monoisotopic (exact) mass is 573 g/mol. The Morgan fingerprint density at radius 2 is 1.60 bits per heavy atom. The Balaban J connectivity index is 1.97. The molecule has 3 rings (SSSR count). The van der Waals surface area contributed by atoms with Crippen molar-refractivity contribution in [3.05, 3.63) is 87.7 Å². The summed E-state index contributed by atoms with van der Waals surface area (Å²) in [6.07, 6.45) is 12.7. The Kier molecular flexibility index (Phi) is 13.4. The van der Waals surface area contributed by atoms with Gasteiger partial charge in [0.15, 0.2) is 5.75 Å². The molecule has 0 spiro atoms. The number of fused-ring (bicyclic) bond motifs is 1. The number of rotatable bonds is 17. The van der Waals surface area contributed by atoms with Gasteiger partial charge in [-0.05, 0) is 63.8 Å². The average Bonchev–Trinajstić information content (AvgIpc) is 2.96. The van der Waals surface area contributed by atoms with Gasteiger partial charge >= 0.3 is 5.97 Å². The van der Waals surface area contributed by atoms with Crippen molar-refractivity contribution in [2.45, 2.75) is 99.1 Å². The van der Waals surface area contributed by atoms with E-state index >= 15 is 0 Å². The molecule has 6 heteroatoms. The van der Waals surface area contributed by atoms with Gasteiger partial charge in [0, 0.05) is 24.9 Å². The van der Waals surface area contributed by atoms with E-state index in [1.54, 1.807) is 4.57 Å². The van der Waals surface area contributed by atoms with Gasteiger partial charge in [-0.15, -0.1) is 0 Å². The fourth-order valence-corrected chi connectivity index (χ4v) is 4.82. The van der Waals surface area contributed by atoms with Crippen molar-refractivity contribution in [1.29, 1.82) is 0 Å². The first kappa shape index (κ1) is 32.7. The lowest BCUT2D eigenvalue weighted by atomic mass is 10.1. The summed E-state index contributed by atoms with van der Waals surface area (Å²) in [5.41, 5.74) is 3.88. The van der Waals surface area contributed by atoms with E-state index in [-0.39, 0.29) is 23.7 Å². The second kappa shape index (κ2) is 17.2. The van der Waals surface area contributed by atoms with E-state index in [0.29, 0.717) is 29.8 Å². The van der Waals surface area contributed by atoms with E-state index in [2.05, 4.69) is 33.8 Å². The first-order chi connectivity index (χ1) is 20.3. The number of unbranched alkanes of at least 4 members (excludes halogenated alkanes) is 5. The number of carbonyl (C=O) groups excluding carboxylic acids is 1. The maximum atomic E-state index is 13.8. The van der Waals surface area contributed by atoms with Crippen LogP contribution in [0.2, 0.25) is 0 Å². The van der Waals surface area contributed by atoms with Crippen LogP contribution in [-0.2, 0) is 17.9 Å². The number of aryl methyl sites for hydroxylation is 1. The van der Waals surface area contributed by atoms with Crippen molar-refractivity contribution in [3.63, 3.8) is 0 Å². The summed E-state index contributed by atoms with van der Waals surface area (Å²) in [6.45, 7) is 11.0. The zero-order valence-electron chi connectivity index (χ0n) is 26.0. The van der Waals surface area contributed by atoms with E-state index in [9.17, 15) is 9.59 Å². The molecule has 0 bridgehead atoms. The van der Waals surface area contributed by atoms with Crippen LogP contribution in [0, 0.1) is 0 Å². The molecule has 0 saturated heterocycles. The summed E-state index contributed by atoms with van der Waals surface area (Å²) in [4.78, 5) is 25.9. The Labute approximate surface area is 251 Å². The van der Waals surface area contributed by atoms with E-state index in [1.165, 1.54) is 37.3 Å². The largest absolute Gasteiger partial charge is 0.489 e. The van der Waals surface area contributed by atoms with Crippen molar-refractivity contribution in [1.82, 2.24) is 4.57 Å². The lowest BCUT2D eigenvalue weighted by molar-refractivity contribution is -0.132. The Morgan fingerprint density at radius 1 is 0.857 bits per heavy atom. The second-order valence-corrected chi connectivity index (χ2v) is 11.1. The number of hydrogen-bond donors (Lipinski definition) is 0. The number of esters is 1. The molecule has 0 amide bonds. The quantitative estimate of drug-likeness (QED) is 0.0916. The van der Waals surface area contributed by atoms with Crippen LogP contribution in [0.1, 0.15) is 91.5 Å². The fraction of sp³-hybridized carbons (Fsp3) is 0.444. The van der Waals surface area contributed by atoms with Crippen molar-refractivity contribution < 1.29 is 19.0 Å². The highest BCUT2D eigenvalue weighted by atomic mass is 16.6. The molecular formula is C36H47NO5. The topological polar surface area (TPSA) is 66.8 Å². The zero-order chi connectivity index (χ0) is 30.3. The number of benzene rings is 2. The minimum atomic E-state index is -0.557. The normalized spacial score (nSPS) is 11.4. The minimum Gasteiger partial charge on any atom is -0.489 e. The maximum Gasteiger partial charge on any atom is 0.308 e. The molecule has 1 heterocycles. The number of nitrogens with zero attached hydrogens (tertiary/aromatic N) is 1. The number of ether oxygens (including phenoxy) is 3. The molecule has 0 radical (unpaired) electrons. The molecule has 3 aromatic rings. The molecule has 0 N–H and O–H groups in total. The lowest BCUT2D eigenvalue weighted by Crippen LogP contribution is -2.25. The summed E-state index contributed by atoms with van der Waals surface area (Å²) in [6, 6.07) is 15.6. The van der Waals surface area contributed by atoms with E-state index in [1.807, 2.05) is 54.6 Å². The molecule has 6 nitrogen and oxygen atoms in total. The van der Waals surface area contributed by atoms with Crippen molar-refractivity contribution in [2.24, 2.45) is 0 Å². The highest BCUT2D eigenvalue weighted by Crippen LogP contribution is 2.35. The summed E-state index contributed by atoms with van der Waals surface area (Å²) in [5.74, 6) is 0.323. The van der Waals surface area contributed by atoms with Crippen LogP contribution in [0.5, 0.6) is 17.2 Å². The molecule has 0 aliphatic rings. The molecule has 0 aliphatic heterocycles. The third-order valence-corrected chi connectivity index (χ3v) is 7.13. The number of carbonyl (C=O) groups is 1.